The number of rotatable bonds is 5. The zero-order valence-electron chi connectivity index (χ0n) is 13.2. The average molecular weight is 287 g/mol. The van der Waals surface area contributed by atoms with E-state index in [1.165, 1.54) is 26.4 Å². The third-order valence-corrected chi connectivity index (χ3v) is 4.75. The quantitative estimate of drug-likeness (QED) is 0.820. The lowest BCUT2D eigenvalue weighted by Crippen LogP contribution is -2.30. The minimum Gasteiger partial charge on any atom is -0.307 e. The molecule has 0 saturated carbocycles. The molecule has 2 rings (SSSR count). The Hall–Kier alpha value is -1.12. The van der Waals surface area contributed by atoms with Gasteiger partial charge in [-0.15, -0.1) is 11.3 Å². The van der Waals surface area contributed by atoms with Gasteiger partial charge in [0.25, 0.3) is 0 Å². The van der Waals surface area contributed by atoms with Crippen LogP contribution in [0.4, 0.5) is 0 Å². The molecule has 0 aliphatic rings. The minimum atomic E-state index is 0.395. The lowest BCUT2D eigenvalue weighted by Gasteiger charge is -2.21. The Kier molecular flexibility index (Phi) is 5.00. The summed E-state index contributed by atoms with van der Waals surface area (Å²) in [7, 11) is 0. The van der Waals surface area contributed by atoms with E-state index in [9.17, 15) is 0 Å². The molecule has 0 spiro atoms. The summed E-state index contributed by atoms with van der Waals surface area (Å²) in [5.41, 5.74) is 4.12. The van der Waals surface area contributed by atoms with E-state index in [0.29, 0.717) is 12.1 Å². The lowest BCUT2D eigenvalue weighted by molar-refractivity contribution is 0.478. The first-order chi connectivity index (χ1) is 9.45. The van der Waals surface area contributed by atoms with E-state index < -0.39 is 0 Å². The Morgan fingerprint density at radius 3 is 2.40 bits per heavy atom. The van der Waals surface area contributed by atoms with Gasteiger partial charge in [0.2, 0.25) is 0 Å². The van der Waals surface area contributed by atoms with Crippen molar-refractivity contribution in [3.05, 3.63) is 56.8 Å². The van der Waals surface area contributed by atoms with Crippen LogP contribution in [0.2, 0.25) is 0 Å². The van der Waals surface area contributed by atoms with Crippen molar-refractivity contribution in [2.24, 2.45) is 0 Å². The Morgan fingerprint density at radius 2 is 1.80 bits per heavy atom. The van der Waals surface area contributed by atoms with E-state index in [4.69, 9.17) is 0 Å². The highest BCUT2D eigenvalue weighted by atomic mass is 32.1. The Labute approximate surface area is 127 Å². The number of thiophene rings is 1. The van der Waals surface area contributed by atoms with E-state index in [1.807, 2.05) is 11.3 Å². The Bertz CT molecular complexity index is 571. The molecular formula is C18H25NS. The first kappa shape index (κ1) is 15.3. The predicted molar refractivity (Wildman–Crippen MR) is 89.7 cm³/mol. The van der Waals surface area contributed by atoms with E-state index in [2.05, 4.69) is 70.3 Å². The number of aryl methyl sites for hydroxylation is 3. The highest BCUT2D eigenvalue weighted by molar-refractivity contribution is 7.11. The minimum absolute atomic E-state index is 0.395. The van der Waals surface area contributed by atoms with E-state index in [1.54, 1.807) is 0 Å². The molecule has 2 heteroatoms. The first-order valence-electron chi connectivity index (χ1n) is 7.34. The molecule has 2 aromatic rings. The molecule has 0 aliphatic heterocycles. The van der Waals surface area contributed by atoms with Crippen molar-refractivity contribution in [3.8, 4) is 0 Å². The molecule has 1 aromatic carbocycles. The van der Waals surface area contributed by atoms with E-state index in [0.717, 1.165) is 6.42 Å². The van der Waals surface area contributed by atoms with Crippen molar-refractivity contribution in [1.29, 1.82) is 0 Å². The number of nitrogens with one attached hydrogen (secondary N) is 1. The molecule has 1 heterocycles. The van der Waals surface area contributed by atoms with Crippen molar-refractivity contribution in [3.63, 3.8) is 0 Å². The maximum absolute atomic E-state index is 3.72. The molecule has 0 bridgehead atoms. The maximum Gasteiger partial charge on any atom is 0.0296 e. The fraction of sp³-hybridized carbons (Fsp3) is 0.444. The van der Waals surface area contributed by atoms with Gasteiger partial charge in [-0.25, -0.2) is 0 Å². The summed E-state index contributed by atoms with van der Waals surface area (Å²) in [6.45, 7) is 11.1. The summed E-state index contributed by atoms with van der Waals surface area (Å²) in [4.78, 5) is 2.87. The highest BCUT2D eigenvalue weighted by Crippen LogP contribution is 2.21. The van der Waals surface area contributed by atoms with Crippen LogP contribution in [0.3, 0.4) is 0 Å². The van der Waals surface area contributed by atoms with Gasteiger partial charge in [-0.05, 0) is 64.3 Å². The van der Waals surface area contributed by atoms with Gasteiger partial charge in [-0.2, -0.15) is 0 Å². The summed E-state index contributed by atoms with van der Waals surface area (Å²) >= 11 is 1.90. The third kappa shape index (κ3) is 3.94. The van der Waals surface area contributed by atoms with Crippen molar-refractivity contribution in [1.82, 2.24) is 5.32 Å². The normalized spacial score (nSPS) is 14.2. The summed E-state index contributed by atoms with van der Waals surface area (Å²) < 4.78 is 0. The van der Waals surface area contributed by atoms with Crippen LogP contribution in [0.1, 0.15) is 46.3 Å². The zero-order chi connectivity index (χ0) is 14.7. The van der Waals surface area contributed by atoms with Gasteiger partial charge in [0.15, 0.2) is 0 Å². The second-order valence-electron chi connectivity index (χ2n) is 5.87. The monoisotopic (exact) mass is 287 g/mol. The fourth-order valence-electron chi connectivity index (χ4n) is 2.78. The Balaban J connectivity index is 1.98. The second kappa shape index (κ2) is 6.55. The smallest absolute Gasteiger partial charge is 0.0296 e. The highest BCUT2D eigenvalue weighted by Gasteiger charge is 2.12. The molecular weight excluding hydrogens is 262 g/mol. The third-order valence-electron chi connectivity index (χ3n) is 3.73. The zero-order valence-corrected chi connectivity index (χ0v) is 14.0. The van der Waals surface area contributed by atoms with Crippen LogP contribution < -0.4 is 5.32 Å². The fourth-order valence-corrected chi connectivity index (χ4v) is 3.80. The molecule has 0 radical (unpaired) electrons. The van der Waals surface area contributed by atoms with Gasteiger partial charge in [-0.3, -0.25) is 0 Å². The predicted octanol–water partition coefficient (Wildman–Crippen LogP) is 4.96. The van der Waals surface area contributed by atoms with Crippen LogP contribution in [0.5, 0.6) is 0 Å². The lowest BCUT2D eigenvalue weighted by atomic mass is 9.99. The largest absolute Gasteiger partial charge is 0.307 e. The molecule has 20 heavy (non-hydrogen) atoms. The molecule has 1 aromatic heterocycles. The number of hydrogen-bond donors (Lipinski definition) is 1. The molecule has 0 fully saturated rings. The average Bonchev–Trinajstić information content (AvgIpc) is 2.74. The number of hydrogen-bond acceptors (Lipinski definition) is 2. The van der Waals surface area contributed by atoms with Crippen molar-refractivity contribution in [2.75, 3.05) is 0 Å². The topological polar surface area (TPSA) is 12.0 Å². The van der Waals surface area contributed by atoms with Crippen LogP contribution in [0.15, 0.2) is 30.3 Å². The van der Waals surface area contributed by atoms with E-state index >= 15 is 0 Å². The second-order valence-corrected chi connectivity index (χ2v) is 7.24. The summed E-state index contributed by atoms with van der Waals surface area (Å²) in [5.74, 6) is 0. The summed E-state index contributed by atoms with van der Waals surface area (Å²) in [6.07, 6.45) is 1.10. The van der Waals surface area contributed by atoms with Gasteiger partial charge in [0, 0.05) is 21.8 Å². The molecule has 1 N–H and O–H groups in total. The van der Waals surface area contributed by atoms with Crippen molar-refractivity contribution < 1.29 is 0 Å². The molecule has 1 nitrogen and oxygen atoms in total. The molecule has 2 unspecified atom stereocenters. The molecule has 0 amide bonds. The van der Waals surface area contributed by atoms with Gasteiger partial charge < -0.3 is 5.32 Å². The van der Waals surface area contributed by atoms with Crippen LogP contribution >= 0.6 is 11.3 Å². The van der Waals surface area contributed by atoms with Crippen molar-refractivity contribution in [2.45, 2.75) is 53.1 Å². The molecule has 0 aliphatic carbocycles. The summed E-state index contributed by atoms with van der Waals surface area (Å²) in [5, 5.41) is 3.72. The van der Waals surface area contributed by atoms with Crippen LogP contribution in [0.25, 0.3) is 0 Å². The van der Waals surface area contributed by atoms with Crippen LogP contribution in [0, 0.1) is 20.8 Å². The van der Waals surface area contributed by atoms with Gasteiger partial charge in [-0.1, -0.05) is 23.8 Å². The number of benzene rings is 1. The standard InChI is InChI=1S/C18H25NS/c1-12-6-9-18(13(2)10-12)16(5)19-14(3)11-17-8-7-15(4)20-17/h6-10,14,16,19H,11H2,1-5H3. The van der Waals surface area contributed by atoms with Crippen molar-refractivity contribution >= 4 is 11.3 Å². The van der Waals surface area contributed by atoms with Crippen LogP contribution in [-0.2, 0) is 6.42 Å². The molecule has 0 saturated heterocycles. The van der Waals surface area contributed by atoms with E-state index in [-0.39, 0.29) is 0 Å². The molecule has 108 valence electrons. The molecule has 2 atom stereocenters. The first-order valence-corrected chi connectivity index (χ1v) is 8.16. The van der Waals surface area contributed by atoms with Crippen LogP contribution in [-0.4, -0.2) is 6.04 Å². The van der Waals surface area contributed by atoms with Gasteiger partial charge in [0.05, 0.1) is 0 Å². The SMILES string of the molecule is Cc1ccc(C(C)NC(C)Cc2ccc(C)s2)c(C)c1. The van der Waals surface area contributed by atoms with Gasteiger partial charge in [0.1, 0.15) is 0 Å². The summed E-state index contributed by atoms with van der Waals surface area (Å²) in [6, 6.07) is 12.1. The Morgan fingerprint density at radius 1 is 1.05 bits per heavy atom. The van der Waals surface area contributed by atoms with Gasteiger partial charge >= 0.3 is 0 Å². The maximum atomic E-state index is 3.72.